The maximum absolute atomic E-state index is 13.2. The summed E-state index contributed by atoms with van der Waals surface area (Å²) in [6.45, 7) is 3.36. The number of aromatic nitrogens is 5. The van der Waals surface area contributed by atoms with E-state index in [0.29, 0.717) is 23.8 Å². The molecule has 208 valence electrons. The molecule has 3 aromatic heterocycles. The summed E-state index contributed by atoms with van der Waals surface area (Å²) < 4.78 is 22.0. The van der Waals surface area contributed by atoms with Gasteiger partial charge in [-0.2, -0.15) is 9.78 Å². The molecule has 1 atom stereocenters. The Kier molecular flexibility index (Phi) is 7.82. The molecule has 1 aliphatic heterocycles. The molecule has 15 nitrogen and oxygen atoms in total. The van der Waals surface area contributed by atoms with Gasteiger partial charge < -0.3 is 19.6 Å². The summed E-state index contributed by atoms with van der Waals surface area (Å²) >= 11 is 0. The monoisotopic (exact) mass is 549 g/mol. The van der Waals surface area contributed by atoms with Crippen LogP contribution in [-0.4, -0.2) is 68.0 Å². The zero-order valence-corrected chi connectivity index (χ0v) is 21.8. The molecule has 1 saturated heterocycles. The first-order valence-corrected chi connectivity index (χ1v) is 12.5. The number of furan rings is 1. The second-order valence-corrected chi connectivity index (χ2v) is 9.03. The van der Waals surface area contributed by atoms with E-state index in [4.69, 9.17) is 24.3 Å². The van der Waals surface area contributed by atoms with Gasteiger partial charge in [-0.1, -0.05) is 17.7 Å². The minimum absolute atomic E-state index is 0.0115. The second kappa shape index (κ2) is 11.8. The van der Waals surface area contributed by atoms with E-state index in [1.165, 1.54) is 30.3 Å². The summed E-state index contributed by atoms with van der Waals surface area (Å²) in [5.74, 6) is -0.786. The molecular weight excluding hydrogens is 522 g/mol. The van der Waals surface area contributed by atoms with Gasteiger partial charge in [-0.25, -0.2) is 14.8 Å². The van der Waals surface area contributed by atoms with E-state index in [1.807, 2.05) is 0 Å². The molecule has 0 saturated carbocycles. The third-order valence-corrected chi connectivity index (χ3v) is 6.48. The molecule has 0 unspecified atom stereocenters. The predicted octanol–water partition coefficient (Wildman–Crippen LogP) is 2.19. The Bertz CT molecular complexity index is 1510. The minimum Gasteiger partial charge on any atom is -0.493 e. The number of rotatable bonds is 9. The van der Waals surface area contributed by atoms with Crippen LogP contribution in [0.15, 0.2) is 50.7 Å². The SMILES string of the molecule is COc1cccc(/C=N/NC(=O)c2nnn(-c3nonc3N)c2CN2CCCC[C@@H]2C)c1OC(=O)c1ccco1. The predicted molar refractivity (Wildman–Crippen MR) is 139 cm³/mol. The summed E-state index contributed by atoms with van der Waals surface area (Å²) in [6, 6.07) is 8.30. The highest BCUT2D eigenvalue weighted by Gasteiger charge is 2.28. The van der Waals surface area contributed by atoms with Crippen molar-refractivity contribution in [2.75, 3.05) is 19.4 Å². The highest BCUT2D eigenvalue weighted by molar-refractivity contribution is 5.95. The van der Waals surface area contributed by atoms with Crippen LogP contribution in [0.4, 0.5) is 5.82 Å². The standard InChI is InChI=1S/C25H27N9O6/c1-15-7-3-4-11-33(15)14-17-20(28-32-34(17)23-22(26)30-40-31-23)24(35)29-27-13-16-8-5-9-18(37-2)21(16)39-25(36)19-10-6-12-38-19/h5-6,8-10,12-13,15H,3-4,7,11,14H2,1-2H3,(H2,26,30)(H,29,35)/b27-13+/t15-/m0/s1. The number of hydrogen-bond acceptors (Lipinski definition) is 13. The Morgan fingerprint density at radius 3 is 2.85 bits per heavy atom. The number of benzene rings is 1. The van der Waals surface area contributed by atoms with E-state index in [0.717, 1.165) is 25.8 Å². The highest BCUT2D eigenvalue weighted by Crippen LogP contribution is 2.31. The molecule has 0 radical (unpaired) electrons. The number of anilines is 1. The molecule has 0 bridgehead atoms. The largest absolute Gasteiger partial charge is 0.493 e. The van der Waals surface area contributed by atoms with Crippen molar-refractivity contribution in [2.45, 2.75) is 38.8 Å². The first-order valence-electron chi connectivity index (χ1n) is 12.5. The van der Waals surface area contributed by atoms with Crippen LogP contribution in [0.2, 0.25) is 0 Å². The van der Waals surface area contributed by atoms with Crippen LogP contribution in [0.3, 0.4) is 0 Å². The molecule has 0 aliphatic carbocycles. The lowest BCUT2D eigenvalue weighted by Crippen LogP contribution is -2.38. The number of ether oxygens (including phenoxy) is 2. The maximum atomic E-state index is 13.2. The third-order valence-electron chi connectivity index (χ3n) is 6.48. The number of esters is 1. The number of hydrazone groups is 1. The van der Waals surface area contributed by atoms with Gasteiger partial charge in [-0.05, 0) is 60.9 Å². The molecule has 15 heteroatoms. The van der Waals surface area contributed by atoms with Crippen LogP contribution in [0.25, 0.3) is 5.82 Å². The zero-order valence-electron chi connectivity index (χ0n) is 21.8. The summed E-state index contributed by atoms with van der Waals surface area (Å²) in [4.78, 5) is 27.9. The molecule has 4 heterocycles. The number of nitrogen functional groups attached to an aromatic ring is 1. The number of amides is 1. The van der Waals surface area contributed by atoms with Gasteiger partial charge in [-0.3, -0.25) is 9.69 Å². The lowest BCUT2D eigenvalue weighted by molar-refractivity contribution is 0.0695. The number of likely N-dealkylation sites (tertiary alicyclic amines) is 1. The number of nitrogens with one attached hydrogen (secondary N) is 1. The van der Waals surface area contributed by atoms with Crippen molar-refractivity contribution in [2.24, 2.45) is 5.10 Å². The zero-order chi connectivity index (χ0) is 28.1. The van der Waals surface area contributed by atoms with Gasteiger partial charge in [-0.15, -0.1) is 5.10 Å². The smallest absolute Gasteiger partial charge is 0.379 e. The molecular formula is C25H27N9O6. The van der Waals surface area contributed by atoms with Crippen LogP contribution in [0, 0.1) is 0 Å². The van der Waals surface area contributed by atoms with Crippen LogP contribution < -0.4 is 20.6 Å². The first-order chi connectivity index (χ1) is 19.5. The Labute approximate surface area is 227 Å². The summed E-state index contributed by atoms with van der Waals surface area (Å²) in [5, 5.41) is 19.6. The van der Waals surface area contributed by atoms with Crippen LogP contribution in [-0.2, 0) is 6.54 Å². The number of hydrogen-bond donors (Lipinski definition) is 2. The van der Waals surface area contributed by atoms with Gasteiger partial charge in [0, 0.05) is 18.2 Å². The first kappa shape index (κ1) is 26.6. The van der Waals surface area contributed by atoms with Gasteiger partial charge in [0.15, 0.2) is 17.2 Å². The second-order valence-electron chi connectivity index (χ2n) is 9.03. The lowest BCUT2D eigenvalue weighted by atomic mass is 10.0. The Balaban J connectivity index is 1.38. The van der Waals surface area contributed by atoms with Crippen molar-refractivity contribution in [1.29, 1.82) is 0 Å². The molecule has 3 N–H and O–H groups in total. The molecule has 0 spiro atoms. The average Bonchev–Trinajstić information content (AvgIpc) is 3.72. The highest BCUT2D eigenvalue weighted by atomic mass is 16.6. The maximum Gasteiger partial charge on any atom is 0.379 e. The van der Waals surface area contributed by atoms with Gasteiger partial charge in [0.2, 0.25) is 17.4 Å². The Morgan fingerprint density at radius 1 is 1.25 bits per heavy atom. The van der Waals surface area contributed by atoms with E-state index in [-0.39, 0.29) is 34.6 Å². The van der Waals surface area contributed by atoms with Gasteiger partial charge in [0.1, 0.15) is 0 Å². The average molecular weight is 550 g/mol. The minimum atomic E-state index is -0.719. The fourth-order valence-electron chi connectivity index (χ4n) is 4.37. The van der Waals surface area contributed by atoms with Crippen molar-refractivity contribution in [3.05, 3.63) is 59.3 Å². The van der Waals surface area contributed by atoms with Crippen molar-refractivity contribution in [1.82, 2.24) is 35.6 Å². The number of carbonyl (C=O) groups excluding carboxylic acids is 2. The van der Waals surface area contributed by atoms with Crippen LogP contribution >= 0.6 is 0 Å². The number of nitrogens with two attached hydrogens (primary N) is 1. The normalized spacial score (nSPS) is 15.8. The van der Waals surface area contributed by atoms with E-state index in [9.17, 15) is 9.59 Å². The Morgan fingerprint density at radius 2 is 2.12 bits per heavy atom. The molecule has 1 amide bonds. The molecule has 5 rings (SSSR count). The number of carbonyl (C=O) groups is 2. The molecule has 4 aromatic rings. The van der Waals surface area contributed by atoms with Crippen molar-refractivity contribution in [3.8, 4) is 17.3 Å². The van der Waals surface area contributed by atoms with E-state index in [1.54, 1.807) is 24.3 Å². The number of piperidine rings is 1. The number of nitrogens with zero attached hydrogens (tertiary/aromatic N) is 7. The fourth-order valence-corrected chi connectivity index (χ4v) is 4.37. The molecule has 1 aliphatic rings. The molecule has 1 aromatic carbocycles. The molecule has 40 heavy (non-hydrogen) atoms. The Hall–Kier alpha value is -5.05. The van der Waals surface area contributed by atoms with E-state index >= 15 is 0 Å². The fraction of sp³-hybridized carbons (Fsp3) is 0.320. The van der Waals surface area contributed by atoms with E-state index < -0.39 is 11.9 Å². The topological polar surface area (TPSA) is 189 Å². The van der Waals surface area contributed by atoms with Gasteiger partial charge in [0.05, 0.1) is 25.3 Å². The van der Waals surface area contributed by atoms with E-state index in [2.05, 4.69) is 43.0 Å². The number of para-hydroxylation sites is 1. The van der Waals surface area contributed by atoms with Crippen molar-refractivity contribution < 1.29 is 28.1 Å². The van der Waals surface area contributed by atoms with Crippen LogP contribution in [0.5, 0.6) is 11.5 Å². The summed E-state index contributed by atoms with van der Waals surface area (Å²) in [5.41, 5.74) is 9.21. The van der Waals surface area contributed by atoms with Crippen LogP contribution in [0.1, 0.15) is 58.5 Å². The summed E-state index contributed by atoms with van der Waals surface area (Å²) in [6.07, 6.45) is 5.90. The van der Waals surface area contributed by atoms with Gasteiger partial charge in [0.25, 0.3) is 5.91 Å². The summed E-state index contributed by atoms with van der Waals surface area (Å²) in [7, 11) is 1.44. The lowest BCUT2D eigenvalue weighted by Gasteiger charge is -2.33. The third kappa shape index (κ3) is 5.54. The number of methoxy groups -OCH3 is 1. The van der Waals surface area contributed by atoms with Gasteiger partial charge >= 0.3 is 5.97 Å². The van der Waals surface area contributed by atoms with Crippen molar-refractivity contribution in [3.63, 3.8) is 0 Å². The quantitative estimate of drug-likeness (QED) is 0.134. The van der Waals surface area contributed by atoms with Crippen molar-refractivity contribution >= 4 is 23.9 Å². The molecule has 1 fully saturated rings.